The molecule has 5 nitrogen and oxygen atoms in total. The van der Waals surface area contributed by atoms with Crippen LogP contribution in [0, 0.1) is 0 Å². The minimum atomic E-state index is -0.0305. The molecule has 0 saturated carbocycles. The molecule has 2 aromatic heterocycles. The summed E-state index contributed by atoms with van der Waals surface area (Å²) in [5.74, 6) is 0. The minimum Gasteiger partial charge on any atom is -0.456 e. The first kappa shape index (κ1) is 33.9. The number of benzene rings is 9. The summed E-state index contributed by atoms with van der Waals surface area (Å²) in [6.07, 6.45) is 0. The number of hydrogen-bond acceptors (Lipinski definition) is 4. The Kier molecular flexibility index (Phi) is 7.62. The van der Waals surface area contributed by atoms with E-state index in [1.165, 1.54) is 21.8 Å². The quantitative estimate of drug-likeness (QED) is 0.164. The lowest BCUT2D eigenvalue weighted by atomic mass is 9.96. The van der Waals surface area contributed by atoms with Crippen LogP contribution >= 0.6 is 0 Å². The number of nitrogens with zero attached hydrogens (tertiary/aromatic N) is 3. The lowest BCUT2D eigenvalue weighted by molar-refractivity contribution is 0.660. The zero-order chi connectivity index (χ0) is 39.7. The summed E-state index contributed by atoms with van der Waals surface area (Å²) in [4.78, 5) is 18.5. The van der Waals surface area contributed by atoms with Gasteiger partial charge >= 0.3 is 0 Å². The second kappa shape index (κ2) is 13.5. The fraction of sp³-hybridized carbons (Fsp3) is 0. The molecule has 12 rings (SSSR count). The zero-order valence-corrected chi connectivity index (χ0v) is 32.4. The van der Waals surface area contributed by atoms with Crippen molar-refractivity contribution >= 4 is 77.9 Å². The average Bonchev–Trinajstić information content (AvgIpc) is 3.65. The summed E-state index contributed by atoms with van der Waals surface area (Å²) >= 11 is 0. The van der Waals surface area contributed by atoms with Crippen LogP contribution in [0.5, 0.6) is 0 Å². The molecule has 9 aromatic carbocycles. The average molecular weight is 770 g/mol. The van der Waals surface area contributed by atoms with E-state index in [1.807, 2.05) is 42.5 Å². The zero-order valence-electron chi connectivity index (χ0n) is 32.4. The Morgan fingerprint density at radius 1 is 0.317 bits per heavy atom. The van der Waals surface area contributed by atoms with Gasteiger partial charge < -0.3 is 18.8 Å². The highest BCUT2D eigenvalue weighted by Crippen LogP contribution is 2.55. The van der Waals surface area contributed by atoms with Crippen LogP contribution in [0.1, 0.15) is 0 Å². The van der Waals surface area contributed by atoms with Crippen LogP contribution in [0.2, 0.25) is 0 Å². The topological polar surface area (TPSA) is 41.6 Å². The molecular formula is C55H35N3O2. The molecule has 60 heavy (non-hydrogen) atoms. The third-order valence-corrected chi connectivity index (χ3v) is 11.9. The molecule has 0 fully saturated rings. The third-order valence-electron chi connectivity index (χ3n) is 11.9. The molecule has 0 radical (unpaired) electrons. The van der Waals surface area contributed by atoms with Gasteiger partial charge in [-0.05, 0) is 125 Å². The normalized spacial score (nSPS) is 12.3. The summed E-state index contributed by atoms with van der Waals surface area (Å²) in [5, 5.41) is 3.57. The van der Waals surface area contributed by atoms with Gasteiger partial charge in [0.1, 0.15) is 11.2 Å². The van der Waals surface area contributed by atoms with Gasteiger partial charge in [-0.2, -0.15) is 0 Å². The molecule has 1 aliphatic rings. The van der Waals surface area contributed by atoms with Crippen molar-refractivity contribution in [3.63, 3.8) is 0 Å². The third kappa shape index (κ3) is 5.30. The van der Waals surface area contributed by atoms with Crippen molar-refractivity contribution in [1.82, 2.24) is 4.57 Å². The highest BCUT2D eigenvalue weighted by atomic mass is 16.3. The van der Waals surface area contributed by atoms with Gasteiger partial charge in [0.15, 0.2) is 0 Å². The first-order valence-electron chi connectivity index (χ1n) is 20.2. The molecule has 11 aromatic rings. The number of para-hydroxylation sites is 5. The molecule has 3 heterocycles. The molecule has 1 aliphatic heterocycles. The Balaban J connectivity index is 1.06. The summed E-state index contributed by atoms with van der Waals surface area (Å²) < 4.78 is 8.54. The van der Waals surface area contributed by atoms with E-state index in [0.29, 0.717) is 21.9 Å². The van der Waals surface area contributed by atoms with E-state index in [-0.39, 0.29) is 5.43 Å². The lowest BCUT2D eigenvalue weighted by Gasteiger charge is -2.41. The van der Waals surface area contributed by atoms with E-state index in [2.05, 4.69) is 184 Å². The SMILES string of the molecule is O=c1c2ccccc2oc2ccc(-c3ccc4c(c3)N(c3ccccc3)c3cc(-c5ccc6c(c5)c5ccccc5n6-c5ccccc5)ccc3N4c3ccccc3)cc12. The number of anilines is 6. The van der Waals surface area contributed by atoms with Gasteiger partial charge in [-0.25, -0.2) is 0 Å². The predicted molar refractivity (Wildman–Crippen MR) is 248 cm³/mol. The highest BCUT2D eigenvalue weighted by Gasteiger charge is 2.31. The van der Waals surface area contributed by atoms with E-state index in [4.69, 9.17) is 4.42 Å². The van der Waals surface area contributed by atoms with Crippen molar-refractivity contribution in [2.24, 2.45) is 0 Å². The molecule has 0 unspecified atom stereocenters. The van der Waals surface area contributed by atoms with E-state index in [0.717, 1.165) is 62.1 Å². The van der Waals surface area contributed by atoms with Crippen molar-refractivity contribution in [1.29, 1.82) is 0 Å². The fourth-order valence-corrected chi connectivity index (χ4v) is 9.10. The minimum absolute atomic E-state index is 0.0305. The molecule has 5 heteroatoms. The molecule has 0 saturated heterocycles. The van der Waals surface area contributed by atoms with Crippen LogP contribution in [0.25, 0.3) is 71.7 Å². The van der Waals surface area contributed by atoms with Crippen molar-refractivity contribution in [2.45, 2.75) is 0 Å². The van der Waals surface area contributed by atoms with Crippen molar-refractivity contribution < 1.29 is 4.42 Å². The van der Waals surface area contributed by atoms with Gasteiger partial charge in [-0.15, -0.1) is 0 Å². The smallest absolute Gasteiger partial charge is 0.200 e. The molecule has 0 aliphatic carbocycles. The van der Waals surface area contributed by atoms with Gasteiger partial charge in [0, 0.05) is 27.8 Å². The second-order valence-corrected chi connectivity index (χ2v) is 15.3. The van der Waals surface area contributed by atoms with Crippen LogP contribution in [0.3, 0.4) is 0 Å². The number of rotatable bonds is 5. The van der Waals surface area contributed by atoms with Gasteiger partial charge in [0.25, 0.3) is 0 Å². The van der Waals surface area contributed by atoms with E-state index < -0.39 is 0 Å². The van der Waals surface area contributed by atoms with E-state index >= 15 is 0 Å². The maximum absolute atomic E-state index is 13.8. The van der Waals surface area contributed by atoms with Crippen LogP contribution in [-0.2, 0) is 0 Å². The van der Waals surface area contributed by atoms with Crippen LogP contribution < -0.4 is 15.2 Å². The van der Waals surface area contributed by atoms with Crippen molar-refractivity contribution in [3.05, 3.63) is 223 Å². The van der Waals surface area contributed by atoms with Crippen molar-refractivity contribution in [2.75, 3.05) is 9.80 Å². The molecule has 0 N–H and O–H groups in total. The number of fused-ring (bicyclic) bond motifs is 7. The molecule has 0 spiro atoms. The van der Waals surface area contributed by atoms with Gasteiger partial charge in [-0.1, -0.05) is 109 Å². The monoisotopic (exact) mass is 769 g/mol. The Labute approximate surface area is 345 Å². The van der Waals surface area contributed by atoms with E-state index in [9.17, 15) is 4.79 Å². The summed E-state index contributed by atoms with van der Waals surface area (Å²) in [5.41, 5.74) is 15.2. The van der Waals surface area contributed by atoms with E-state index in [1.54, 1.807) is 0 Å². The highest BCUT2D eigenvalue weighted by molar-refractivity contribution is 6.11. The van der Waals surface area contributed by atoms with Gasteiger partial charge in [0.05, 0.1) is 44.6 Å². The van der Waals surface area contributed by atoms with Gasteiger partial charge in [-0.3, -0.25) is 4.79 Å². The largest absolute Gasteiger partial charge is 0.456 e. The first-order valence-corrected chi connectivity index (χ1v) is 20.2. The molecule has 282 valence electrons. The molecule has 0 atom stereocenters. The maximum Gasteiger partial charge on any atom is 0.200 e. The van der Waals surface area contributed by atoms with Crippen LogP contribution in [0.15, 0.2) is 222 Å². The Bertz CT molecular complexity index is 3520. The van der Waals surface area contributed by atoms with Gasteiger partial charge in [0.2, 0.25) is 5.43 Å². The summed E-state index contributed by atoms with van der Waals surface area (Å²) in [7, 11) is 0. The predicted octanol–water partition coefficient (Wildman–Crippen LogP) is 14.6. The van der Waals surface area contributed by atoms with Crippen LogP contribution in [-0.4, -0.2) is 4.57 Å². The first-order chi connectivity index (χ1) is 29.7. The second-order valence-electron chi connectivity index (χ2n) is 15.3. The van der Waals surface area contributed by atoms with Crippen LogP contribution in [0.4, 0.5) is 34.1 Å². The maximum atomic E-state index is 13.8. The summed E-state index contributed by atoms with van der Waals surface area (Å²) in [6.45, 7) is 0. The molecule has 0 amide bonds. The standard InChI is InChI=1S/C55H35N3O2/c59-55-44-21-11-13-23-53(44)60-54-31-27-37(33-46(54)55)39-26-30-50-52(35-39)58(42-18-8-3-9-19-42)51-34-38(25-29-49(51)57(50)41-16-6-2-7-17-41)36-24-28-48-45(32-36)43-20-10-12-22-47(43)56(48)40-14-4-1-5-15-40/h1-35H. The lowest BCUT2D eigenvalue weighted by Crippen LogP contribution is -2.24. The molecule has 0 bridgehead atoms. The Hall–Kier alpha value is -8.15. The van der Waals surface area contributed by atoms with Crippen molar-refractivity contribution in [3.8, 4) is 27.9 Å². The number of aromatic nitrogens is 1. The Morgan fingerprint density at radius 2 is 0.767 bits per heavy atom. The fourth-order valence-electron chi connectivity index (χ4n) is 9.10. The number of hydrogen-bond donors (Lipinski definition) is 0. The Morgan fingerprint density at radius 3 is 1.42 bits per heavy atom. The molecular weight excluding hydrogens is 735 g/mol. The summed E-state index contributed by atoms with van der Waals surface area (Å²) in [6, 6.07) is 74.1.